The molecular formula is C22H28B3F3O7S. The molecule has 1 aromatic rings. The Morgan fingerprint density at radius 1 is 0.972 bits per heavy atom. The monoisotopic (exact) mass is 526 g/mol. The van der Waals surface area contributed by atoms with Gasteiger partial charge in [-0.3, -0.25) is 14.1 Å². The Balaban J connectivity index is 1.91. The lowest BCUT2D eigenvalue weighted by Gasteiger charge is -2.42. The van der Waals surface area contributed by atoms with Crippen LogP contribution in [0.1, 0.15) is 29.5 Å². The Labute approximate surface area is 211 Å². The number of allylic oxidation sites excluding steroid dienone is 2. The summed E-state index contributed by atoms with van der Waals surface area (Å²) in [7, 11) is 0.764. The normalized spacial score (nSPS) is 24.3. The van der Waals surface area contributed by atoms with Crippen LogP contribution in [0.3, 0.4) is 0 Å². The van der Waals surface area contributed by atoms with Crippen LogP contribution in [0.5, 0.6) is 5.75 Å². The van der Waals surface area contributed by atoms with Crippen molar-refractivity contribution >= 4 is 45.6 Å². The highest BCUT2D eigenvalue weighted by Gasteiger charge is 2.53. The molecule has 1 fully saturated rings. The molecule has 2 bridgehead atoms. The number of alkyl halides is 3. The number of hydrogen-bond donors (Lipinski definition) is 1. The van der Waals surface area contributed by atoms with Gasteiger partial charge in [-0.1, -0.05) is 48.8 Å². The standard InChI is InChI=1S/C22H28B3F3O7S/c23-7-11-5-14(8-24)19(15(6-11)9-25)35-21(30)18-13-3-1-12(2-4-13)17(18)20(29)34-16(22(26,27)28)10-36(31,32)33/h1,3,5-6,12-13,16-18H,2,4,7-10,23-25H2,(H,31,32,33). The SMILES string of the molecule is BCc1cc(CB)c(OC(=O)C2C3C=CC(CC3)C2C(=O)OC(CS(=O)(=O)O)C(F)(F)F)c(CB)c1. The zero-order chi connectivity index (χ0) is 26.8. The number of fused-ring (bicyclic) bond motifs is 2. The molecule has 1 aromatic carbocycles. The van der Waals surface area contributed by atoms with Crippen molar-refractivity contribution in [1.29, 1.82) is 0 Å². The summed E-state index contributed by atoms with van der Waals surface area (Å²) in [5.41, 5.74) is 2.72. The number of carbonyl (C=O) groups excluding carboxylic acids is 2. The van der Waals surface area contributed by atoms with Crippen molar-refractivity contribution in [3.8, 4) is 5.75 Å². The van der Waals surface area contributed by atoms with Gasteiger partial charge in [-0.2, -0.15) is 21.6 Å². The van der Waals surface area contributed by atoms with E-state index in [0.717, 1.165) is 23.0 Å². The van der Waals surface area contributed by atoms with Gasteiger partial charge >= 0.3 is 18.1 Å². The first-order valence-corrected chi connectivity index (χ1v) is 13.7. The van der Waals surface area contributed by atoms with Crippen LogP contribution in [-0.2, 0) is 43.4 Å². The molecule has 0 heterocycles. The van der Waals surface area contributed by atoms with Crippen molar-refractivity contribution in [3.63, 3.8) is 0 Å². The largest absolute Gasteiger partial charge is 0.451 e. The van der Waals surface area contributed by atoms with Crippen LogP contribution in [0.25, 0.3) is 0 Å². The van der Waals surface area contributed by atoms with Crippen LogP contribution in [0, 0.1) is 23.7 Å². The molecule has 194 valence electrons. The molecule has 0 amide bonds. The highest BCUT2D eigenvalue weighted by Crippen LogP contribution is 2.46. The second kappa shape index (κ2) is 11.0. The lowest BCUT2D eigenvalue weighted by molar-refractivity contribution is -0.220. The summed E-state index contributed by atoms with van der Waals surface area (Å²) in [5.74, 6) is -6.83. The Kier molecular flexibility index (Phi) is 8.70. The van der Waals surface area contributed by atoms with E-state index in [9.17, 15) is 31.2 Å². The molecule has 0 aromatic heterocycles. The van der Waals surface area contributed by atoms with E-state index in [0.29, 0.717) is 31.2 Å². The van der Waals surface area contributed by atoms with Gasteiger partial charge < -0.3 is 9.47 Å². The van der Waals surface area contributed by atoms with Crippen molar-refractivity contribution < 1.29 is 45.2 Å². The van der Waals surface area contributed by atoms with Crippen LogP contribution < -0.4 is 4.74 Å². The van der Waals surface area contributed by atoms with E-state index in [4.69, 9.17) is 9.29 Å². The van der Waals surface area contributed by atoms with Gasteiger partial charge in [0.25, 0.3) is 10.1 Å². The molecular weight excluding hydrogens is 498 g/mol. The first-order chi connectivity index (χ1) is 16.8. The third kappa shape index (κ3) is 6.37. The minimum Gasteiger partial charge on any atom is -0.451 e. The third-order valence-electron chi connectivity index (χ3n) is 6.95. The lowest BCUT2D eigenvalue weighted by atomic mass is 9.62. The summed E-state index contributed by atoms with van der Waals surface area (Å²) in [6, 6.07) is 3.90. The second-order valence-corrected chi connectivity index (χ2v) is 10.8. The first kappa shape index (κ1) is 28.4. The number of ether oxygens (including phenoxy) is 2. The predicted octanol–water partition coefficient (Wildman–Crippen LogP) is 0.182. The van der Waals surface area contributed by atoms with Gasteiger partial charge in [-0.05, 0) is 35.8 Å². The molecule has 0 aliphatic heterocycles. The summed E-state index contributed by atoms with van der Waals surface area (Å²) < 4.78 is 81.7. The van der Waals surface area contributed by atoms with E-state index >= 15 is 0 Å². The summed E-state index contributed by atoms with van der Waals surface area (Å²) in [6.45, 7) is 0. The van der Waals surface area contributed by atoms with E-state index in [1.54, 1.807) is 12.2 Å². The zero-order valence-electron chi connectivity index (χ0n) is 20.4. The maximum atomic E-state index is 13.5. The fraction of sp³-hybridized carbons (Fsp3) is 0.545. The van der Waals surface area contributed by atoms with Gasteiger partial charge in [0.05, 0.1) is 11.8 Å². The van der Waals surface area contributed by atoms with Gasteiger partial charge in [0.2, 0.25) is 6.10 Å². The van der Waals surface area contributed by atoms with E-state index in [-0.39, 0.29) is 0 Å². The maximum absolute atomic E-state index is 13.5. The Morgan fingerprint density at radius 2 is 1.47 bits per heavy atom. The molecule has 5 atom stereocenters. The average molecular weight is 526 g/mol. The highest BCUT2D eigenvalue weighted by atomic mass is 32.2. The molecule has 1 N–H and O–H groups in total. The van der Waals surface area contributed by atoms with Crippen LogP contribution in [0.4, 0.5) is 13.2 Å². The van der Waals surface area contributed by atoms with Crippen molar-refractivity contribution in [2.24, 2.45) is 23.7 Å². The molecule has 3 aliphatic rings. The smallest absolute Gasteiger partial charge is 0.426 e. The molecule has 14 heteroatoms. The van der Waals surface area contributed by atoms with Crippen molar-refractivity contribution in [1.82, 2.24) is 0 Å². The van der Waals surface area contributed by atoms with Gasteiger partial charge in [0.15, 0.2) is 0 Å². The van der Waals surface area contributed by atoms with Crippen LogP contribution in [0.15, 0.2) is 24.3 Å². The van der Waals surface area contributed by atoms with Crippen LogP contribution in [-0.4, -0.2) is 66.5 Å². The summed E-state index contributed by atoms with van der Waals surface area (Å²) in [5, 5.41) is 0. The summed E-state index contributed by atoms with van der Waals surface area (Å²) in [4.78, 5) is 26.4. The quantitative estimate of drug-likeness (QED) is 0.161. The molecule has 5 unspecified atom stereocenters. The van der Waals surface area contributed by atoms with Crippen LogP contribution >= 0.6 is 0 Å². The zero-order valence-corrected chi connectivity index (χ0v) is 21.2. The number of carbonyl (C=O) groups is 2. The number of halogens is 3. The fourth-order valence-electron chi connectivity index (χ4n) is 5.10. The summed E-state index contributed by atoms with van der Waals surface area (Å²) in [6.07, 6.45) is -1.84. The van der Waals surface area contributed by atoms with Gasteiger partial charge in [0.1, 0.15) is 35.0 Å². The molecule has 3 aliphatic carbocycles. The Morgan fingerprint density at radius 3 is 1.86 bits per heavy atom. The van der Waals surface area contributed by atoms with Crippen molar-refractivity contribution in [2.45, 2.75) is 44.1 Å². The minimum absolute atomic E-state index is 0.402. The first-order valence-electron chi connectivity index (χ1n) is 12.1. The lowest BCUT2D eigenvalue weighted by Crippen LogP contribution is -2.49. The molecule has 0 radical (unpaired) electrons. The number of esters is 2. The Hall–Kier alpha value is -2.21. The Bertz CT molecular complexity index is 1120. The topological polar surface area (TPSA) is 107 Å². The average Bonchev–Trinajstić information content (AvgIpc) is 2.82. The van der Waals surface area contributed by atoms with E-state index in [1.165, 1.54) is 0 Å². The molecule has 7 nitrogen and oxygen atoms in total. The van der Waals surface area contributed by atoms with E-state index in [1.807, 2.05) is 35.7 Å². The number of hydrogen-bond acceptors (Lipinski definition) is 6. The third-order valence-corrected chi connectivity index (χ3v) is 7.68. The predicted molar refractivity (Wildman–Crippen MR) is 134 cm³/mol. The van der Waals surface area contributed by atoms with Crippen molar-refractivity contribution in [3.05, 3.63) is 41.0 Å². The summed E-state index contributed by atoms with van der Waals surface area (Å²) >= 11 is 0. The molecule has 1 saturated carbocycles. The molecule has 0 spiro atoms. The van der Waals surface area contributed by atoms with Gasteiger partial charge in [0, 0.05) is 0 Å². The molecule has 36 heavy (non-hydrogen) atoms. The maximum Gasteiger partial charge on any atom is 0.426 e. The van der Waals surface area contributed by atoms with Crippen molar-refractivity contribution in [2.75, 3.05) is 5.75 Å². The molecule has 4 rings (SSSR count). The van der Waals surface area contributed by atoms with Gasteiger partial charge in [-0.25, -0.2) is 0 Å². The number of benzene rings is 1. The highest BCUT2D eigenvalue weighted by molar-refractivity contribution is 7.85. The minimum atomic E-state index is -5.22. The second-order valence-electron chi connectivity index (χ2n) is 9.28. The molecule has 0 saturated heterocycles. The fourth-order valence-corrected chi connectivity index (χ4v) is 5.74. The van der Waals surface area contributed by atoms with Gasteiger partial charge in [-0.15, -0.1) is 0 Å². The van der Waals surface area contributed by atoms with Crippen LogP contribution in [0.2, 0.25) is 0 Å². The van der Waals surface area contributed by atoms with E-state index in [2.05, 4.69) is 4.74 Å². The number of rotatable bonds is 9. The van der Waals surface area contributed by atoms with E-state index < -0.39 is 63.8 Å².